The molecule has 0 aliphatic carbocycles. The van der Waals surface area contributed by atoms with Crippen LogP contribution in [0.5, 0.6) is 11.5 Å². The molecule has 6 nitrogen and oxygen atoms in total. The zero-order valence-corrected chi connectivity index (χ0v) is 18.8. The van der Waals surface area contributed by atoms with Gasteiger partial charge in [0.25, 0.3) is 0 Å². The van der Waals surface area contributed by atoms with E-state index in [2.05, 4.69) is 47.9 Å². The largest absolute Gasteiger partial charge is 0.497 e. The number of carbonyl (C=O) groups excluding carboxylic acids is 1. The molecule has 1 fully saturated rings. The summed E-state index contributed by atoms with van der Waals surface area (Å²) in [4.78, 5) is 19.2. The number of piperazine rings is 1. The molecule has 162 valence electrons. The molecule has 1 aliphatic rings. The number of rotatable bonds is 7. The smallest absolute Gasteiger partial charge is 0.236 e. The first kappa shape index (κ1) is 22.0. The van der Waals surface area contributed by atoms with Crippen LogP contribution in [0.2, 0.25) is 0 Å². The summed E-state index contributed by atoms with van der Waals surface area (Å²) in [5.41, 5.74) is 4.62. The van der Waals surface area contributed by atoms with E-state index >= 15 is 0 Å². The summed E-state index contributed by atoms with van der Waals surface area (Å²) < 4.78 is 10.7. The van der Waals surface area contributed by atoms with E-state index in [0.717, 1.165) is 55.3 Å². The fourth-order valence-corrected chi connectivity index (χ4v) is 4.16. The molecule has 0 spiro atoms. The third-order valence-electron chi connectivity index (χ3n) is 5.65. The Morgan fingerprint density at radius 2 is 1.57 bits per heavy atom. The summed E-state index contributed by atoms with van der Waals surface area (Å²) in [6, 6.07) is 12.4. The minimum absolute atomic E-state index is 0.189. The molecule has 1 heterocycles. The van der Waals surface area contributed by atoms with Crippen LogP contribution in [-0.2, 0) is 11.3 Å². The molecule has 6 heteroatoms. The third kappa shape index (κ3) is 5.25. The fraction of sp³-hybridized carbons (Fsp3) is 0.458. The highest BCUT2D eigenvalue weighted by molar-refractivity contribution is 5.78. The van der Waals surface area contributed by atoms with Gasteiger partial charge in [0.2, 0.25) is 5.91 Å². The Morgan fingerprint density at radius 1 is 0.967 bits per heavy atom. The Labute approximate surface area is 180 Å². The summed E-state index contributed by atoms with van der Waals surface area (Å²) in [5.74, 6) is 1.99. The molecule has 0 bridgehead atoms. The summed E-state index contributed by atoms with van der Waals surface area (Å²) in [5, 5.41) is 0. The Kier molecular flexibility index (Phi) is 7.21. The van der Waals surface area contributed by atoms with E-state index in [-0.39, 0.29) is 5.91 Å². The topological polar surface area (TPSA) is 45.2 Å². The Morgan fingerprint density at radius 3 is 2.10 bits per heavy atom. The van der Waals surface area contributed by atoms with Crippen LogP contribution in [0, 0.1) is 13.8 Å². The number of nitrogens with zero attached hydrogens (tertiary/aromatic N) is 3. The van der Waals surface area contributed by atoms with Crippen LogP contribution < -0.4 is 14.4 Å². The normalized spacial score (nSPS) is 14.2. The molecule has 2 aromatic rings. The molecule has 0 unspecified atom stereocenters. The lowest BCUT2D eigenvalue weighted by atomic mass is 10.1. The Balaban J connectivity index is 1.50. The molecular formula is C24H33N3O3. The number of amides is 1. The highest BCUT2D eigenvalue weighted by Crippen LogP contribution is 2.25. The molecule has 0 radical (unpaired) electrons. The summed E-state index contributed by atoms with van der Waals surface area (Å²) in [6.07, 6.45) is 0. The lowest BCUT2D eigenvalue weighted by Crippen LogP contribution is -2.51. The maximum absolute atomic E-state index is 12.8. The van der Waals surface area contributed by atoms with E-state index in [4.69, 9.17) is 9.47 Å². The number of hydrogen-bond donors (Lipinski definition) is 0. The number of benzene rings is 2. The number of ether oxygens (including phenoxy) is 2. The van der Waals surface area contributed by atoms with Crippen LogP contribution in [0.15, 0.2) is 36.4 Å². The highest BCUT2D eigenvalue weighted by atomic mass is 16.5. The van der Waals surface area contributed by atoms with Gasteiger partial charge in [-0.05, 0) is 61.9 Å². The minimum atomic E-state index is 0.189. The van der Waals surface area contributed by atoms with Crippen molar-refractivity contribution in [2.45, 2.75) is 20.4 Å². The standard InChI is InChI=1S/C24H33N3O3/c1-18-14-20(15-19(2)24(18)30-5)16-25(3)17-23(28)27-12-10-26(11-13-27)21-6-8-22(29-4)9-7-21/h6-9,14-15H,10-13,16-17H2,1-5H3. The van der Waals surface area contributed by atoms with E-state index in [0.29, 0.717) is 6.54 Å². The van der Waals surface area contributed by atoms with E-state index in [1.165, 1.54) is 11.3 Å². The van der Waals surface area contributed by atoms with Crippen molar-refractivity contribution in [1.29, 1.82) is 0 Å². The van der Waals surface area contributed by atoms with Crippen LogP contribution >= 0.6 is 0 Å². The third-order valence-corrected chi connectivity index (χ3v) is 5.65. The quantitative estimate of drug-likeness (QED) is 0.701. The Hall–Kier alpha value is -2.73. The molecule has 0 N–H and O–H groups in total. The highest BCUT2D eigenvalue weighted by Gasteiger charge is 2.22. The number of carbonyl (C=O) groups is 1. The van der Waals surface area contributed by atoms with Crippen LogP contribution in [-0.4, -0.2) is 69.7 Å². The number of hydrogen-bond acceptors (Lipinski definition) is 5. The molecule has 0 atom stereocenters. The maximum Gasteiger partial charge on any atom is 0.236 e. The van der Waals surface area contributed by atoms with Gasteiger partial charge in [-0.3, -0.25) is 9.69 Å². The molecule has 30 heavy (non-hydrogen) atoms. The first-order valence-corrected chi connectivity index (χ1v) is 10.4. The molecule has 0 aromatic heterocycles. The first-order valence-electron chi connectivity index (χ1n) is 10.4. The van der Waals surface area contributed by atoms with Crippen molar-refractivity contribution in [1.82, 2.24) is 9.80 Å². The van der Waals surface area contributed by atoms with Gasteiger partial charge in [-0.2, -0.15) is 0 Å². The van der Waals surface area contributed by atoms with Gasteiger partial charge in [-0.25, -0.2) is 0 Å². The molecule has 2 aromatic carbocycles. The SMILES string of the molecule is COc1ccc(N2CCN(C(=O)CN(C)Cc3cc(C)c(OC)c(C)c3)CC2)cc1. The van der Waals surface area contributed by atoms with Crippen molar-refractivity contribution in [3.63, 3.8) is 0 Å². The predicted octanol–water partition coefficient (Wildman–Crippen LogP) is 3.10. The molecule has 3 rings (SSSR count). The van der Waals surface area contributed by atoms with E-state index in [1.54, 1.807) is 14.2 Å². The van der Waals surface area contributed by atoms with Crippen molar-refractivity contribution < 1.29 is 14.3 Å². The second-order valence-corrected chi connectivity index (χ2v) is 8.00. The first-order chi connectivity index (χ1) is 14.4. The van der Waals surface area contributed by atoms with Gasteiger partial charge in [0.1, 0.15) is 11.5 Å². The van der Waals surface area contributed by atoms with Gasteiger partial charge in [0, 0.05) is 38.4 Å². The average Bonchev–Trinajstić information content (AvgIpc) is 2.73. The van der Waals surface area contributed by atoms with Crippen molar-refractivity contribution in [2.75, 3.05) is 58.9 Å². The summed E-state index contributed by atoms with van der Waals surface area (Å²) in [7, 11) is 5.38. The number of likely N-dealkylation sites (N-methyl/N-ethyl adjacent to an activating group) is 1. The lowest BCUT2D eigenvalue weighted by Gasteiger charge is -2.36. The summed E-state index contributed by atoms with van der Waals surface area (Å²) >= 11 is 0. The van der Waals surface area contributed by atoms with Gasteiger partial charge in [-0.15, -0.1) is 0 Å². The second kappa shape index (κ2) is 9.85. The van der Waals surface area contributed by atoms with Crippen molar-refractivity contribution in [3.8, 4) is 11.5 Å². The lowest BCUT2D eigenvalue weighted by molar-refractivity contribution is -0.132. The molecular weight excluding hydrogens is 378 g/mol. The Bertz CT molecular complexity index is 835. The van der Waals surface area contributed by atoms with E-state index in [9.17, 15) is 4.79 Å². The average molecular weight is 412 g/mol. The van der Waals surface area contributed by atoms with Crippen LogP contribution in [0.1, 0.15) is 16.7 Å². The predicted molar refractivity (Wildman–Crippen MR) is 121 cm³/mol. The monoisotopic (exact) mass is 411 g/mol. The van der Waals surface area contributed by atoms with E-state index < -0.39 is 0 Å². The zero-order chi connectivity index (χ0) is 21.7. The number of aryl methyl sites for hydroxylation is 2. The number of methoxy groups -OCH3 is 2. The van der Waals surface area contributed by atoms with Gasteiger partial charge >= 0.3 is 0 Å². The van der Waals surface area contributed by atoms with Crippen LogP contribution in [0.25, 0.3) is 0 Å². The zero-order valence-electron chi connectivity index (χ0n) is 18.8. The van der Waals surface area contributed by atoms with E-state index in [1.807, 2.05) is 24.1 Å². The van der Waals surface area contributed by atoms with Gasteiger partial charge < -0.3 is 19.3 Å². The van der Waals surface area contributed by atoms with Crippen molar-refractivity contribution in [3.05, 3.63) is 53.1 Å². The van der Waals surface area contributed by atoms with Gasteiger partial charge in [0.05, 0.1) is 20.8 Å². The van der Waals surface area contributed by atoms with Crippen molar-refractivity contribution in [2.24, 2.45) is 0 Å². The van der Waals surface area contributed by atoms with Crippen LogP contribution in [0.3, 0.4) is 0 Å². The fourth-order valence-electron chi connectivity index (χ4n) is 4.16. The minimum Gasteiger partial charge on any atom is -0.497 e. The molecule has 1 aliphatic heterocycles. The van der Waals surface area contributed by atoms with Crippen LogP contribution in [0.4, 0.5) is 5.69 Å². The second-order valence-electron chi connectivity index (χ2n) is 8.00. The summed E-state index contributed by atoms with van der Waals surface area (Å²) in [6.45, 7) is 8.47. The molecule has 1 amide bonds. The van der Waals surface area contributed by atoms with Crippen molar-refractivity contribution >= 4 is 11.6 Å². The molecule has 0 saturated carbocycles. The van der Waals surface area contributed by atoms with Gasteiger partial charge in [-0.1, -0.05) is 12.1 Å². The number of anilines is 1. The maximum atomic E-state index is 12.8. The van der Waals surface area contributed by atoms with Gasteiger partial charge in [0.15, 0.2) is 0 Å². The molecule has 1 saturated heterocycles.